The molecule has 3 N–H and O–H groups in total. The first kappa shape index (κ1) is 17.4. The molecule has 1 aromatic heterocycles. The summed E-state index contributed by atoms with van der Waals surface area (Å²) in [5.41, 5.74) is 7.21. The number of carboxylic acid groups (broad SMARTS) is 1. The first-order chi connectivity index (χ1) is 11.8. The first-order valence-electron chi connectivity index (χ1n) is 7.91. The minimum absolute atomic E-state index is 0.0646. The van der Waals surface area contributed by atoms with E-state index in [-0.39, 0.29) is 16.3 Å². The minimum Gasteiger partial charge on any atom is -0.476 e. The predicted octanol–water partition coefficient (Wildman–Crippen LogP) is 2.12. The number of hydrogen-bond acceptors (Lipinski definition) is 5. The number of anilines is 1. The molecule has 0 saturated carbocycles. The summed E-state index contributed by atoms with van der Waals surface area (Å²) in [6.07, 6.45) is 1.72. The van der Waals surface area contributed by atoms with Gasteiger partial charge in [0.25, 0.3) is 0 Å². The summed E-state index contributed by atoms with van der Waals surface area (Å²) in [4.78, 5) is 15.5. The largest absolute Gasteiger partial charge is 0.476 e. The fraction of sp³-hybridized carbons (Fsp3) is 0.294. The molecule has 2 heterocycles. The Balaban J connectivity index is 2.09. The van der Waals surface area contributed by atoms with Crippen LogP contribution in [0.5, 0.6) is 0 Å². The quantitative estimate of drug-likeness (QED) is 0.862. The van der Waals surface area contributed by atoms with E-state index in [2.05, 4.69) is 4.98 Å². The lowest BCUT2D eigenvalue weighted by Crippen LogP contribution is -2.27. The molecule has 8 heteroatoms. The fourth-order valence-electron chi connectivity index (χ4n) is 2.91. The molecule has 1 fully saturated rings. The number of rotatable bonds is 4. The van der Waals surface area contributed by atoms with E-state index in [1.54, 1.807) is 24.3 Å². The SMILES string of the molecule is Cc1ccc(S(=O)(=O)N2CCCC2)cc1-c1ccc(N)c(C(=O)O)n1. The number of carbonyl (C=O) groups is 1. The Bertz CT molecular complexity index is 935. The number of aromatic carboxylic acids is 1. The molecule has 0 atom stereocenters. The second-order valence-corrected chi connectivity index (χ2v) is 7.97. The van der Waals surface area contributed by atoms with E-state index in [4.69, 9.17) is 5.73 Å². The molecule has 0 bridgehead atoms. The predicted molar refractivity (Wildman–Crippen MR) is 93.8 cm³/mol. The van der Waals surface area contributed by atoms with E-state index in [1.807, 2.05) is 6.92 Å². The molecule has 1 saturated heterocycles. The molecule has 0 radical (unpaired) electrons. The Kier molecular flexibility index (Phi) is 4.49. The summed E-state index contributed by atoms with van der Waals surface area (Å²) in [6.45, 7) is 2.86. The molecule has 132 valence electrons. The van der Waals surface area contributed by atoms with Crippen molar-refractivity contribution in [1.29, 1.82) is 0 Å². The van der Waals surface area contributed by atoms with E-state index >= 15 is 0 Å². The minimum atomic E-state index is -3.56. The van der Waals surface area contributed by atoms with Crippen LogP contribution >= 0.6 is 0 Å². The van der Waals surface area contributed by atoms with Crippen LogP contribution in [0.1, 0.15) is 28.9 Å². The maximum Gasteiger partial charge on any atom is 0.356 e. The van der Waals surface area contributed by atoms with Crippen LogP contribution < -0.4 is 5.73 Å². The second-order valence-electron chi connectivity index (χ2n) is 6.03. The van der Waals surface area contributed by atoms with Crippen molar-refractivity contribution in [3.8, 4) is 11.3 Å². The van der Waals surface area contributed by atoms with Gasteiger partial charge in [0.05, 0.1) is 16.3 Å². The molecule has 25 heavy (non-hydrogen) atoms. The molecule has 0 unspecified atom stereocenters. The summed E-state index contributed by atoms with van der Waals surface area (Å²) >= 11 is 0. The van der Waals surface area contributed by atoms with Crippen molar-refractivity contribution < 1.29 is 18.3 Å². The fourth-order valence-corrected chi connectivity index (χ4v) is 4.45. The molecule has 0 spiro atoms. The number of carboxylic acids is 1. The number of nitrogens with two attached hydrogens (primary N) is 1. The molecule has 3 rings (SSSR count). The average Bonchev–Trinajstić information content (AvgIpc) is 3.11. The van der Waals surface area contributed by atoms with Crippen LogP contribution in [0.15, 0.2) is 35.2 Å². The number of benzene rings is 1. The zero-order chi connectivity index (χ0) is 18.2. The summed E-state index contributed by atoms with van der Waals surface area (Å²) in [7, 11) is -3.56. The van der Waals surface area contributed by atoms with Gasteiger partial charge in [-0.2, -0.15) is 4.31 Å². The monoisotopic (exact) mass is 361 g/mol. The maximum absolute atomic E-state index is 12.7. The van der Waals surface area contributed by atoms with Gasteiger partial charge in [-0.25, -0.2) is 18.2 Å². The van der Waals surface area contributed by atoms with Crippen molar-refractivity contribution in [1.82, 2.24) is 9.29 Å². The van der Waals surface area contributed by atoms with Gasteiger partial charge in [-0.1, -0.05) is 6.07 Å². The molecule has 0 amide bonds. The highest BCUT2D eigenvalue weighted by Crippen LogP contribution is 2.29. The topological polar surface area (TPSA) is 114 Å². The molecule has 1 aliphatic rings. The van der Waals surface area contributed by atoms with Crippen molar-refractivity contribution in [3.63, 3.8) is 0 Å². The van der Waals surface area contributed by atoms with Gasteiger partial charge in [-0.3, -0.25) is 0 Å². The number of hydrogen-bond donors (Lipinski definition) is 2. The number of sulfonamides is 1. The van der Waals surface area contributed by atoms with Crippen molar-refractivity contribution in [2.24, 2.45) is 0 Å². The molecule has 1 aliphatic heterocycles. The third kappa shape index (κ3) is 3.22. The second kappa shape index (κ2) is 6.45. The Labute approximate surface area is 146 Å². The van der Waals surface area contributed by atoms with Gasteiger partial charge in [-0.05, 0) is 49.6 Å². The van der Waals surface area contributed by atoms with Crippen molar-refractivity contribution >= 4 is 21.7 Å². The summed E-state index contributed by atoms with van der Waals surface area (Å²) in [6, 6.07) is 7.88. The van der Waals surface area contributed by atoms with Crippen molar-refractivity contribution in [3.05, 3.63) is 41.6 Å². The highest BCUT2D eigenvalue weighted by molar-refractivity contribution is 7.89. The number of nitrogens with zero attached hydrogens (tertiary/aromatic N) is 2. The van der Waals surface area contributed by atoms with E-state index in [0.717, 1.165) is 18.4 Å². The first-order valence-corrected chi connectivity index (χ1v) is 9.35. The third-order valence-electron chi connectivity index (χ3n) is 4.32. The van der Waals surface area contributed by atoms with E-state index in [9.17, 15) is 18.3 Å². The number of nitrogen functional groups attached to an aromatic ring is 1. The number of aromatic nitrogens is 1. The van der Waals surface area contributed by atoms with Crippen LogP contribution in [0.3, 0.4) is 0 Å². The summed E-state index contributed by atoms with van der Waals surface area (Å²) in [5.74, 6) is -1.22. The Hall–Kier alpha value is -2.45. The lowest BCUT2D eigenvalue weighted by Gasteiger charge is -2.17. The Morgan fingerprint density at radius 2 is 1.88 bits per heavy atom. The van der Waals surface area contributed by atoms with Gasteiger partial charge >= 0.3 is 5.97 Å². The molecule has 2 aromatic rings. The molecule has 0 aliphatic carbocycles. The lowest BCUT2D eigenvalue weighted by molar-refractivity contribution is 0.0692. The highest BCUT2D eigenvalue weighted by Gasteiger charge is 2.27. The smallest absolute Gasteiger partial charge is 0.356 e. The van der Waals surface area contributed by atoms with Crippen molar-refractivity contribution in [2.45, 2.75) is 24.7 Å². The standard InChI is InChI=1S/C17H19N3O4S/c1-11-4-5-12(25(23,24)20-8-2-3-9-20)10-13(11)15-7-6-14(18)16(19-15)17(21)22/h4-7,10H,2-3,8-9,18H2,1H3,(H,21,22). The summed E-state index contributed by atoms with van der Waals surface area (Å²) in [5, 5.41) is 9.19. The van der Waals surface area contributed by atoms with Gasteiger partial charge in [0.15, 0.2) is 5.69 Å². The number of pyridine rings is 1. The van der Waals surface area contributed by atoms with Crippen LogP contribution in [0, 0.1) is 6.92 Å². The van der Waals surface area contributed by atoms with Crippen LogP contribution in [0.25, 0.3) is 11.3 Å². The Morgan fingerprint density at radius 3 is 2.52 bits per heavy atom. The molecule has 1 aromatic carbocycles. The van der Waals surface area contributed by atoms with Crippen LogP contribution in [0.4, 0.5) is 5.69 Å². The van der Waals surface area contributed by atoms with Gasteiger partial charge < -0.3 is 10.8 Å². The zero-order valence-electron chi connectivity index (χ0n) is 13.8. The molecule has 7 nitrogen and oxygen atoms in total. The van der Waals surface area contributed by atoms with Crippen molar-refractivity contribution in [2.75, 3.05) is 18.8 Å². The van der Waals surface area contributed by atoms with Gasteiger partial charge in [-0.15, -0.1) is 0 Å². The normalized spacial score (nSPS) is 15.4. The highest BCUT2D eigenvalue weighted by atomic mass is 32.2. The zero-order valence-corrected chi connectivity index (χ0v) is 14.6. The third-order valence-corrected chi connectivity index (χ3v) is 6.21. The van der Waals surface area contributed by atoms with Gasteiger partial charge in [0.2, 0.25) is 10.0 Å². The number of aryl methyl sites for hydroxylation is 1. The van der Waals surface area contributed by atoms with Crippen LogP contribution in [0.2, 0.25) is 0 Å². The van der Waals surface area contributed by atoms with Crippen LogP contribution in [-0.4, -0.2) is 41.9 Å². The lowest BCUT2D eigenvalue weighted by atomic mass is 10.0. The molecular weight excluding hydrogens is 342 g/mol. The van der Waals surface area contributed by atoms with E-state index in [0.29, 0.717) is 24.3 Å². The van der Waals surface area contributed by atoms with E-state index in [1.165, 1.54) is 10.4 Å². The molecular formula is C17H19N3O4S. The average molecular weight is 361 g/mol. The van der Waals surface area contributed by atoms with Gasteiger partial charge in [0.1, 0.15) is 0 Å². The van der Waals surface area contributed by atoms with Gasteiger partial charge in [0, 0.05) is 18.7 Å². The van der Waals surface area contributed by atoms with Crippen LogP contribution in [-0.2, 0) is 10.0 Å². The summed E-state index contributed by atoms with van der Waals surface area (Å²) < 4.78 is 27.0. The maximum atomic E-state index is 12.7. The Morgan fingerprint density at radius 1 is 1.20 bits per heavy atom. The van der Waals surface area contributed by atoms with E-state index < -0.39 is 16.0 Å².